The maximum absolute atomic E-state index is 13.5. The largest absolute Gasteiger partial charge is 0.481 e. The quantitative estimate of drug-likeness (QED) is 0.0449. The van der Waals surface area contributed by atoms with E-state index < -0.39 is 66.1 Å². The third kappa shape index (κ3) is 15.4. The first-order valence-corrected chi connectivity index (χ1v) is 16.1. The van der Waals surface area contributed by atoms with Crippen LogP contribution in [-0.2, 0) is 40.7 Å². The van der Waals surface area contributed by atoms with Crippen molar-refractivity contribution in [3.63, 3.8) is 0 Å². The smallest absolute Gasteiger partial charge is 0.303 e. The first-order chi connectivity index (χ1) is 22.6. The molecule has 4 atom stereocenters. The molecule has 1 rings (SSSR count). The molecule has 0 aliphatic carbocycles. The van der Waals surface area contributed by atoms with Gasteiger partial charge in [-0.1, -0.05) is 19.0 Å². The molecular weight excluding hydrogens is 626 g/mol. The Bertz CT molecular complexity index is 1280. The second-order valence-corrected chi connectivity index (χ2v) is 12.1. The lowest BCUT2D eigenvalue weighted by Crippen LogP contribution is -2.58. The summed E-state index contributed by atoms with van der Waals surface area (Å²) in [7, 11) is 1.83. The number of aliphatic carboxylic acids is 1. The molecule has 0 radical (unpaired) electrons. The van der Waals surface area contributed by atoms with E-state index in [1.54, 1.807) is 10.9 Å². The van der Waals surface area contributed by atoms with Crippen LogP contribution >= 0.6 is 0 Å². The molecule has 5 amide bonds. The van der Waals surface area contributed by atoms with Crippen molar-refractivity contribution in [1.82, 2.24) is 31.0 Å². The van der Waals surface area contributed by atoms with E-state index in [1.165, 1.54) is 6.92 Å². The fourth-order valence-electron chi connectivity index (χ4n) is 4.82. The average molecular weight is 680 g/mol. The van der Waals surface area contributed by atoms with Crippen LogP contribution in [0.3, 0.4) is 0 Å². The lowest BCUT2D eigenvalue weighted by atomic mass is 10.0. The summed E-state index contributed by atoms with van der Waals surface area (Å²) in [5, 5.41) is 27.7. The molecule has 1 aromatic heterocycles. The lowest BCUT2D eigenvalue weighted by Gasteiger charge is -2.27. The average Bonchev–Trinajstić information content (AvgIpc) is 3.24. The van der Waals surface area contributed by atoms with Crippen LogP contribution in [-0.4, -0.2) is 93.9 Å². The van der Waals surface area contributed by atoms with Gasteiger partial charge in [-0.25, -0.2) is 0 Å². The summed E-state index contributed by atoms with van der Waals surface area (Å²) >= 11 is 0. The Morgan fingerprint density at radius 2 is 1.46 bits per heavy atom. The number of nitrogens with two attached hydrogens (primary N) is 2. The summed E-state index contributed by atoms with van der Waals surface area (Å²) in [6.45, 7) is 9.22. The van der Waals surface area contributed by atoms with Crippen molar-refractivity contribution in [2.75, 3.05) is 13.2 Å². The van der Waals surface area contributed by atoms with Gasteiger partial charge in [0.2, 0.25) is 29.5 Å². The summed E-state index contributed by atoms with van der Waals surface area (Å²) in [6, 6.07) is -4.42. The molecule has 0 unspecified atom stereocenters. The topological polar surface area (TPSA) is 262 Å². The number of carbonyl (C=O) groups is 6. The zero-order valence-corrected chi connectivity index (χ0v) is 28.8. The van der Waals surface area contributed by atoms with Crippen LogP contribution < -0.4 is 32.7 Å². The normalized spacial score (nSPS) is 13.8. The highest BCUT2D eigenvalue weighted by molar-refractivity contribution is 5.95. The van der Waals surface area contributed by atoms with Crippen molar-refractivity contribution in [2.45, 2.75) is 110 Å². The lowest BCUT2D eigenvalue weighted by molar-refractivity contribution is -0.138. The van der Waals surface area contributed by atoms with E-state index in [2.05, 4.69) is 31.5 Å². The number of carboxylic acids is 1. The maximum Gasteiger partial charge on any atom is 0.303 e. The summed E-state index contributed by atoms with van der Waals surface area (Å²) in [6.07, 6.45) is 2.93. The third-order valence-corrected chi connectivity index (χ3v) is 7.47. The molecular formula is C31H53N9O8. The van der Waals surface area contributed by atoms with Gasteiger partial charge < -0.3 is 42.7 Å². The van der Waals surface area contributed by atoms with Crippen molar-refractivity contribution in [1.29, 1.82) is 0 Å². The van der Waals surface area contributed by atoms with E-state index in [1.807, 2.05) is 34.7 Å². The molecule has 0 saturated heterocycles. The number of rotatable bonds is 23. The number of nitrogens with zero attached hydrogens (tertiary/aromatic N) is 3. The number of aryl methyl sites for hydroxylation is 2. The van der Waals surface area contributed by atoms with E-state index in [-0.39, 0.29) is 38.2 Å². The van der Waals surface area contributed by atoms with Crippen molar-refractivity contribution in [3.05, 3.63) is 17.0 Å². The van der Waals surface area contributed by atoms with Crippen LogP contribution in [0.2, 0.25) is 0 Å². The predicted molar refractivity (Wildman–Crippen MR) is 177 cm³/mol. The number of carboxylic acid groups (broad SMARTS) is 1. The van der Waals surface area contributed by atoms with Gasteiger partial charge in [0.1, 0.15) is 30.8 Å². The van der Waals surface area contributed by atoms with Gasteiger partial charge in [-0.3, -0.25) is 33.4 Å². The number of carbonyl (C=O) groups excluding carboxylic acids is 5. The second kappa shape index (κ2) is 21.4. The zero-order chi connectivity index (χ0) is 36.4. The van der Waals surface area contributed by atoms with Gasteiger partial charge in [-0.05, 0) is 71.3 Å². The van der Waals surface area contributed by atoms with Crippen molar-refractivity contribution in [2.24, 2.45) is 29.6 Å². The van der Waals surface area contributed by atoms with Crippen molar-refractivity contribution < 1.29 is 38.7 Å². The number of amides is 5. The van der Waals surface area contributed by atoms with Gasteiger partial charge in [0.05, 0.1) is 11.9 Å². The van der Waals surface area contributed by atoms with Gasteiger partial charge in [-0.15, -0.1) is 0 Å². The minimum absolute atomic E-state index is 0.0644. The van der Waals surface area contributed by atoms with Crippen LogP contribution in [0.5, 0.6) is 0 Å². The highest BCUT2D eigenvalue weighted by Gasteiger charge is 2.31. The number of aromatic nitrogens is 2. The Morgan fingerprint density at radius 3 is 1.98 bits per heavy atom. The van der Waals surface area contributed by atoms with Crippen LogP contribution in [0.15, 0.2) is 5.16 Å². The molecule has 1 heterocycles. The Hall–Kier alpha value is -4.54. The minimum Gasteiger partial charge on any atom is -0.481 e. The van der Waals surface area contributed by atoms with Crippen LogP contribution in [0, 0.1) is 19.8 Å². The van der Waals surface area contributed by atoms with Crippen molar-refractivity contribution >= 4 is 41.7 Å². The van der Waals surface area contributed by atoms with Gasteiger partial charge in [0.15, 0.2) is 0 Å². The van der Waals surface area contributed by atoms with Gasteiger partial charge >= 0.3 is 5.97 Å². The molecule has 0 fully saturated rings. The molecule has 0 bridgehead atoms. The van der Waals surface area contributed by atoms with Gasteiger partial charge in [0, 0.05) is 31.6 Å². The molecule has 0 aliphatic heterocycles. The monoisotopic (exact) mass is 679 g/mol. The summed E-state index contributed by atoms with van der Waals surface area (Å²) in [5.74, 6) is -4.55. The Balaban J connectivity index is 2.99. The number of primary amides is 1. The molecule has 17 heteroatoms. The molecule has 0 saturated carbocycles. The second-order valence-electron chi connectivity index (χ2n) is 12.1. The highest BCUT2D eigenvalue weighted by atomic mass is 16.6. The van der Waals surface area contributed by atoms with Gasteiger partial charge in [-0.2, -0.15) is 5.10 Å². The SMILES string of the molecule is CC(=O)N[C@@H](CCCO/N=C/c1c(C)nn(C)c1C)C(=O)N[C@@H](CCCCN)C(=O)N[C@@H](CC(C)C)C(=O)N[C@@H](CCC(=O)O)C(N)=O. The molecule has 0 aliphatic rings. The molecule has 17 nitrogen and oxygen atoms in total. The molecule has 48 heavy (non-hydrogen) atoms. The number of hydrogen-bond donors (Lipinski definition) is 7. The Labute approximate surface area is 281 Å². The highest BCUT2D eigenvalue weighted by Crippen LogP contribution is 2.11. The number of nitrogens with one attached hydrogen (secondary N) is 4. The zero-order valence-electron chi connectivity index (χ0n) is 28.8. The van der Waals surface area contributed by atoms with E-state index in [0.717, 1.165) is 17.0 Å². The Morgan fingerprint density at radius 1 is 0.896 bits per heavy atom. The van der Waals surface area contributed by atoms with Crippen molar-refractivity contribution in [3.8, 4) is 0 Å². The molecule has 1 aromatic rings. The van der Waals surface area contributed by atoms with E-state index >= 15 is 0 Å². The molecule has 270 valence electrons. The maximum atomic E-state index is 13.5. The van der Waals surface area contributed by atoms with E-state index in [4.69, 9.17) is 21.4 Å². The molecule has 0 spiro atoms. The van der Waals surface area contributed by atoms with Gasteiger partial charge in [0.25, 0.3) is 0 Å². The minimum atomic E-state index is -1.25. The number of oxime groups is 1. The van der Waals surface area contributed by atoms with Crippen LogP contribution in [0.25, 0.3) is 0 Å². The number of unbranched alkanes of at least 4 members (excludes halogenated alkanes) is 1. The first-order valence-electron chi connectivity index (χ1n) is 16.1. The summed E-state index contributed by atoms with van der Waals surface area (Å²) in [4.78, 5) is 80.2. The first kappa shape index (κ1) is 41.5. The molecule has 0 aromatic carbocycles. The fourth-order valence-corrected chi connectivity index (χ4v) is 4.82. The standard InChI is InChI=1S/C31H53N9O8/c1-18(2)16-26(31(47)36-23(28(33)44)12-13-27(42)43)38-30(46)25(10-7-8-14-32)37-29(45)24(35-21(5)41)11-9-15-48-34-17-22-19(3)39-40(6)20(22)4/h17-18,23-26H,7-16,32H2,1-6H3,(H2,33,44)(H,35,41)(H,36,47)(H,37,45)(H,38,46)(H,42,43)/b34-17+/t23-,24-,25-,26-/m0/s1. The van der Waals surface area contributed by atoms with E-state index in [9.17, 15) is 28.8 Å². The van der Waals surface area contributed by atoms with Crippen LogP contribution in [0.1, 0.15) is 89.1 Å². The third-order valence-electron chi connectivity index (χ3n) is 7.47. The molecule has 9 N–H and O–H groups in total. The summed E-state index contributed by atoms with van der Waals surface area (Å²) < 4.78 is 1.74. The number of hydrogen-bond acceptors (Lipinski definition) is 10. The Kier molecular flexibility index (Phi) is 18.5. The van der Waals surface area contributed by atoms with Crippen LogP contribution in [0.4, 0.5) is 0 Å². The summed E-state index contributed by atoms with van der Waals surface area (Å²) in [5.41, 5.74) is 13.6. The fraction of sp³-hybridized carbons (Fsp3) is 0.677. The predicted octanol–water partition coefficient (Wildman–Crippen LogP) is -0.348. The van der Waals surface area contributed by atoms with E-state index in [0.29, 0.717) is 25.8 Å².